The normalized spacial score (nSPS) is 16.6. The van der Waals surface area contributed by atoms with E-state index in [-0.39, 0.29) is 29.0 Å². The van der Waals surface area contributed by atoms with Gasteiger partial charge in [-0.25, -0.2) is 23.7 Å². The van der Waals surface area contributed by atoms with E-state index in [4.69, 9.17) is 4.74 Å². The van der Waals surface area contributed by atoms with Gasteiger partial charge >= 0.3 is 6.18 Å². The molecule has 2 N–H and O–H groups in total. The van der Waals surface area contributed by atoms with Crippen molar-refractivity contribution in [2.45, 2.75) is 38.5 Å². The molecule has 1 amide bonds. The highest BCUT2D eigenvalue weighted by molar-refractivity contribution is 7.10. The van der Waals surface area contributed by atoms with Crippen molar-refractivity contribution >= 4 is 33.9 Å². The highest BCUT2D eigenvalue weighted by Gasteiger charge is 2.33. The summed E-state index contributed by atoms with van der Waals surface area (Å²) in [6.07, 6.45) is -2.90. The second kappa shape index (κ2) is 11.3. The summed E-state index contributed by atoms with van der Waals surface area (Å²) in [6, 6.07) is 3.15. The van der Waals surface area contributed by atoms with Gasteiger partial charge in [0.05, 0.1) is 42.1 Å². The van der Waals surface area contributed by atoms with Crippen LogP contribution in [-0.4, -0.2) is 62.3 Å². The van der Waals surface area contributed by atoms with Crippen LogP contribution < -0.4 is 15.4 Å². The molecule has 4 rings (SSSR count). The third kappa shape index (κ3) is 7.07. The first kappa shape index (κ1) is 26.6. The van der Waals surface area contributed by atoms with Gasteiger partial charge in [0.25, 0.3) is 12.3 Å². The van der Waals surface area contributed by atoms with E-state index in [1.54, 1.807) is 24.0 Å². The smallest absolute Gasteiger partial charge is 0.434 e. The number of hydrogen-bond donors (Lipinski definition) is 2. The van der Waals surface area contributed by atoms with Crippen molar-refractivity contribution in [2.75, 3.05) is 30.3 Å². The molecule has 0 spiro atoms. The van der Waals surface area contributed by atoms with Crippen molar-refractivity contribution < 1.29 is 31.5 Å². The van der Waals surface area contributed by atoms with Crippen LogP contribution in [0.15, 0.2) is 30.7 Å². The topological polar surface area (TPSA) is 105 Å². The summed E-state index contributed by atoms with van der Waals surface area (Å²) in [7, 11) is 0. The van der Waals surface area contributed by atoms with Gasteiger partial charge in [-0.2, -0.15) is 17.5 Å². The van der Waals surface area contributed by atoms with Gasteiger partial charge in [-0.05, 0) is 43.9 Å². The van der Waals surface area contributed by atoms with Crippen molar-refractivity contribution in [3.63, 3.8) is 0 Å². The number of nitrogens with one attached hydrogen (secondary N) is 2. The number of likely N-dealkylation sites (tertiary alicyclic amines) is 1. The third-order valence-electron chi connectivity index (χ3n) is 5.41. The van der Waals surface area contributed by atoms with Crippen LogP contribution >= 0.6 is 11.5 Å². The Morgan fingerprint density at radius 3 is 2.68 bits per heavy atom. The van der Waals surface area contributed by atoms with Gasteiger partial charge in [-0.3, -0.25) is 9.69 Å². The van der Waals surface area contributed by atoms with E-state index < -0.39 is 24.2 Å². The lowest BCUT2D eigenvalue weighted by Gasteiger charge is -2.32. The van der Waals surface area contributed by atoms with Crippen molar-refractivity contribution in [1.82, 2.24) is 24.2 Å². The predicted octanol–water partition coefficient (Wildman–Crippen LogP) is 4.76. The fourth-order valence-electron chi connectivity index (χ4n) is 3.74. The standard InChI is InChI=1S/C22H22F5N7O2S/c1-12-19(21(37-33-12)32-17-9-28-15(8-29-17)22(25,26)27)20(35)31-13-4-5-18(30-7-13)36-14-3-2-6-34(10-14)11-16(23)24/h4-5,7-9,14,16H,2-3,6,10-11H2,1H3,(H,29,32)(H,31,35)/t14-/m0/s1. The molecule has 0 aliphatic carbocycles. The third-order valence-corrected chi connectivity index (χ3v) is 6.27. The number of aryl methyl sites for hydroxylation is 1. The molecule has 37 heavy (non-hydrogen) atoms. The van der Waals surface area contributed by atoms with E-state index >= 15 is 0 Å². The monoisotopic (exact) mass is 543 g/mol. The molecule has 1 aliphatic rings. The Morgan fingerprint density at radius 2 is 2.03 bits per heavy atom. The number of alkyl halides is 5. The zero-order valence-electron chi connectivity index (χ0n) is 19.4. The van der Waals surface area contributed by atoms with Gasteiger partial charge in [-0.15, -0.1) is 0 Å². The maximum absolute atomic E-state index is 12.9. The van der Waals surface area contributed by atoms with Crippen molar-refractivity contribution in [1.29, 1.82) is 0 Å². The number of carbonyl (C=O) groups excluding carboxylic acids is 1. The quantitative estimate of drug-likeness (QED) is 0.392. The highest BCUT2D eigenvalue weighted by Crippen LogP contribution is 2.30. The Labute approximate surface area is 212 Å². The van der Waals surface area contributed by atoms with Gasteiger partial charge in [0, 0.05) is 12.6 Å². The number of nitrogens with zero attached hydrogens (tertiary/aromatic N) is 5. The summed E-state index contributed by atoms with van der Waals surface area (Å²) < 4.78 is 73.4. The molecular formula is C22H22F5N7O2S. The van der Waals surface area contributed by atoms with Crippen LogP contribution in [0.5, 0.6) is 5.88 Å². The molecule has 198 valence electrons. The summed E-state index contributed by atoms with van der Waals surface area (Å²) in [5.74, 6) is -0.193. The lowest BCUT2D eigenvalue weighted by Crippen LogP contribution is -2.43. The molecule has 0 unspecified atom stereocenters. The molecule has 1 fully saturated rings. The summed E-state index contributed by atoms with van der Waals surface area (Å²) in [4.78, 5) is 25.8. The maximum atomic E-state index is 12.9. The van der Waals surface area contributed by atoms with Gasteiger partial charge < -0.3 is 15.4 Å². The summed E-state index contributed by atoms with van der Waals surface area (Å²) in [5.41, 5.74) is -0.173. The molecule has 0 bridgehead atoms. The van der Waals surface area contributed by atoms with E-state index in [9.17, 15) is 26.7 Å². The zero-order chi connectivity index (χ0) is 26.6. The maximum Gasteiger partial charge on any atom is 0.434 e. The molecule has 1 aliphatic heterocycles. The number of rotatable bonds is 8. The summed E-state index contributed by atoms with van der Waals surface area (Å²) in [6.45, 7) is 2.30. The Kier molecular flexibility index (Phi) is 8.12. The second-order valence-corrected chi connectivity index (χ2v) is 9.03. The van der Waals surface area contributed by atoms with Crippen LogP contribution in [0.2, 0.25) is 0 Å². The Balaban J connectivity index is 1.37. The first-order valence-electron chi connectivity index (χ1n) is 11.2. The summed E-state index contributed by atoms with van der Waals surface area (Å²) >= 11 is 0.947. The lowest BCUT2D eigenvalue weighted by atomic mass is 10.1. The molecule has 4 heterocycles. The zero-order valence-corrected chi connectivity index (χ0v) is 20.2. The molecule has 0 radical (unpaired) electrons. The van der Waals surface area contributed by atoms with E-state index in [1.807, 2.05) is 0 Å². The number of anilines is 3. The number of ether oxygens (including phenoxy) is 1. The van der Waals surface area contributed by atoms with Crippen LogP contribution in [-0.2, 0) is 6.18 Å². The van der Waals surface area contributed by atoms with E-state index in [0.29, 0.717) is 36.5 Å². The van der Waals surface area contributed by atoms with Crippen LogP contribution in [0.1, 0.15) is 34.6 Å². The minimum absolute atomic E-state index is 0.0173. The number of pyridine rings is 1. The van der Waals surface area contributed by atoms with E-state index in [2.05, 4.69) is 30.0 Å². The number of piperidine rings is 1. The van der Waals surface area contributed by atoms with Crippen LogP contribution in [0.25, 0.3) is 0 Å². The lowest BCUT2D eigenvalue weighted by molar-refractivity contribution is -0.141. The molecule has 3 aromatic heterocycles. The van der Waals surface area contributed by atoms with Gasteiger partial charge in [0.1, 0.15) is 16.9 Å². The van der Waals surface area contributed by atoms with Crippen molar-refractivity contribution in [3.8, 4) is 5.88 Å². The largest absolute Gasteiger partial charge is 0.473 e. The van der Waals surface area contributed by atoms with E-state index in [0.717, 1.165) is 30.6 Å². The first-order chi connectivity index (χ1) is 17.6. The number of carbonyl (C=O) groups is 1. The fraction of sp³-hybridized carbons (Fsp3) is 0.409. The molecule has 15 heteroatoms. The predicted molar refractivity (Wildman–Crippen MR) is 125 cm³/mol. The second-order valence-electron chi connectivity index (χ2n) is 8.25. The first-order valence-corrected chi connectivity index (χ1v) is 11.9. The number of hydrogen-bond acceptors (Lipinski definition) is 9. The minimum Gasteiger partial charge on any atom is -0.473 e. The Hall–Kier alpha value is -3.46. The van der Waals surface area contributed by atoms with Crippen molar-refractivity contribution in [3.05, 3.63) is 47.7 Å². The SMILES string of the molecule is Cc1nsc(Nc2cnc(C(F)(F)F)cn2)c1C(=O)Nc1ccc(O[C@H]2CCCN(CC(F)F)C2)nc1. The molecule has 0 aromatic carbocycles. The minimum atomic E-state index is -4.61. The molecule has 9 nitrogen and oxygen atoms in total. The van der Waals surface area contributed by atoms with Gasteiger partial charge in [0.15, 0.2) is 5.69 Å². The fourth-order valence-corrected chi connectivity index (χ4v) is 4.54. The van der Waals surface area contributed by atoms with Gasteiger partial charge in [0.2, 0.25) is 5.88 Å². The molecule has 3 aromatic rings. The molecular weight excluding hydrogens is 521 g/mol. The molecule has 1 saturated heterocycles. The molecule has 0 saturated carbocycles. The number of amides is 1. The number of halogens is 5. The summed E-state index contributed by atoms with van der Waals surface area (Å²) in [5, 5.41) is 5.75. The Bertz CT molecular complexity index is 1210. The molecule has 1 atom stereocenters. The van der Waals surface area contributed by atoms with Crippen LogP contribution in [0.4, 0.5) is 38.5 Å². The van der Waals surface area contributed by atoms with Crippen molar-refractivity contribution in [2.24, 2.45) is 0 Å². The van der Waals surface area contributed by atoms with Gasteiger partial charge in [-0.1, -0.05) is 0 Å². The average molecular weight is 544 g/mol. The van der Waals surface area contributed by atoms with Crippen LogP contribution in [0, 0.1) is 6.92 Å². The van der Waals surface area contributed by atoms with Crippen LogP contribution in [0.3, 0.4) is 0 Å². The van der Waals surface area contributed by atoms with E-state index in [1.165, 1.54) is 6.20 Å². The Morgan fingerprint density at radius 1 is 1.22 bits per heavy atom. The number of aromatic nitrogens is 4. The highest BCUT2D eigenvalue weighted by atomic mass is 32.1. The average Bonchev–Trinajstić information content (AvgIpc) is 3.20.